The second-order valence-corrected chi connectivity index (χ2v) is 10.8. The number of hydrogen-bond acceptors (Lipinski definition) is 2. The molecule has 0 amide bonds. The van der Waals surface area contributed by atoms with Gasteiger partial charge < -0.3 is 9.13 Å². The van der Waals surface area contributed by atoms with E-state index in [0.717, 1.165) is 0 Å². The van der Waals surface area contributed by atoms with E-state index in [1.165, 1.54) is 55.4 Å². The van der Waals surface area contributed by atoms with Crippen LogP contribution in [0.25, 0.3) is 21.8 Å². The van der Waals surface area contributed by atoms with Crippen LogP contribution in [0.2, 0.25) is 0 Å². The summed E-state index contributed by atoms with van der Waals surface area (Å²) in [6.45, 7) is 1.07. The summed E-state index contributed by atoms with van der Waals surface area (Å²) in [6, 6.07) is 21.9. The van der Waals surface area contributed by atoms with E-state index in [1.807, 2.05) is 0 Å². The molecule has 1 aliphatic rings. The summed E-state index contributed by atoms with van der Waals surface area (Å²) in [5, 5.41) is 11.5. The number of para-hydroxylation sites is 2. The Kier molecular flexibility index (Phi) is 4.93. The van der Waals surface area contributed by atoms with E-state index in [-0.39, 0.29) is 11.8 Å². The molecule has 6 aromatic rings. The van der Waals surface area contributed by atoms with Gasteiger partial charge in [0, 0.05) is 33.2 Å². The Morgan fingerprint density at radius 3 is 1.47 bits per heavy atom. The summed E-state index contributed by atoms with van der Waals surface area (Å²) in [5.41, 5.74) is 10.3. The van der Waals surface area contributed by atoms with Crippen LogP contribution in [0.3, 0.4) is 0 Å². The van der Waals surface area contributed by atoms with Crippen molar-refractivity contribution >= 4 is 44.5 Å². The van der Waals surface area contributed by atoms with Crippen LogP contribution < -0.4 is 0 Å². The summed E-state index contributed by atoms with van der Waals surface area (Å²) in [7, 11) is 0. The van der Waals surface area contributed by atoms with E-state index in [4.69, 9.17) is 12.8 Å². The molecule has 0 aliphatic heterocycles. The smallest absolute Gasteiger partial charge is 0.0838 e. The first-order valence-corrected chi connectivity index (χ1v) is 13.8. The zero-order valence-electron chi connectivity index (χ0n) is 19.5. The van der Waals surface area contributed by atoms with E-state index in [9.17, 15) is 0 Å². The Morgan fingerprint density at radius 1 is 0.639 bits per heavy atom. The third-order valence-corrected chi connectivity index (χ3v) is 8.88. The summed E-state index contributed by atoms with van der Waals surface area (Å²) < 4.78 is 4.76. The molecular formula is C32H22N2S2. The fourth-order valence-electron chi connectivity index (χ4n) is 6.25. The number of fused-ring (bicyclic) bond motifs is 6. The van der Waals surface area contributed by atoms with Crippen LogP contribution in [-0.2, 0) is 13.1 Å². The van der Waals surface area contributed by atoms with Crippen LogP contribution in [-0.4, -0.2) is 9.13 Å². The van der Waals surface area contributed by atoms with Crippen molar-refractivity contribution in [2.45, 2.75) is 24.9 Å². The standard InChI is InChI=1S/C32H22N2S2/c1-3-15-33-25-11-7-5-9-23(25)29-28(22-14-18-36-20-22)32-30(27(31(29)33)21-13-17-35-19-21)24-10-6-8-12-26(24)34(32)16-4-2/h1-2,5-14,17-20,27-28H,15-16H2. The molecule has 7 rings (SSSR count). The van der Waals surface area contributed by atoms with E-state index < -0.39 is 0 Å². The number of rotatable bonds is 4. The number of aromatic nitrogens is 2. The Balaban J connectivity index is 1.72. The van der Waals surface area contributed by atoms with Gasteiger partial charge in [0.15, 0.2) is 0 Å². The lowest BCUT2D eigenvalue weighted by Crippen LogP contribution is -2.23. The fraction of sp³-hybridized carbons (Fsp3) is 0.125. The quantitative estimate of drug-likeness (QED) is 0.221. The molecule has 0 spiro atoms. The molecule has 2 nitrogen and oxygen atoms in total. The molecule has 0 bridgehead atoms. The van der Waals surface area contributed by atoms with Crippen LogP contribution in [0, 0.1) is 24.7 Å². The lowest BCUT2D eigenvalue weighted by Gasteiger charge is -2.32. The molecule has 4 aromatic heterocycles. The SMILES string of the molecule is C#CCn1c2c(c3ccccc31)C(c1ccsc1)c1c(c3ccccc3n1CC#C)C2c1ccsc1. The molecule has 0 fully saturated rings. The Labute approximate surface area is 218 Å². The molecule has 2 atom stereocenters. The second kappa shape index (κ2) is 8.32. The first-order valence-electron chi connectivity index (χ1n) is 12.0. The molecule has 0 radical (unpaired) electrons. The molecule has 2 aromatic carbocycles. The maximum absolute atomic E-state index is 5.97. The van der Waals surface area contributed by atoms with Gasteiger partial charge in [-0.25, -0.2) is 0 Å². The van der Waals surface area contributed by atoms with Gasteiger partial charge in [-0.2, -0.15) is 22.7 Å². The van der Waals surface area contributed by atoms with Crippen LogP contribution in [0.5, 0.6) is 0 Å². The Bertz CT molecular complexity index is 1680. The van der Waals surface area contributed by atoms with Gasteiger partial charge in [0.05, 0.1) is 24.9 Å². The highest BCUT2D eigenvalue weighted by molar-refractivity contribution is 7.08. The average Bonchev–Trinajstić information content (AvgIpc) is 3.71. The molecule has 4 heterocycles. The zero-order chi connectivity index (χ0) is 24.2. The van der Waals surface area contributed by atoms with E-state index in [0.29, 0.717) is 13.1 Å². The minimum Gasteiger partial charge on any atom is -0.332 e. The topological polar surface area (TPSA) is 9.86 Å². The average molecular weight is 499 g/mol. The van der Waals surface area contributed by atoms with Crippen LogP contribution in [0.4, 0.5) is 0 Å². The largest absolute Gasteiger partial charge is 0.332 e. The lowest BCUT2D eigenvalue weighted by molar-refractivity contribution is 0.689. The molecule has 1 aliphatic carbocycles. The Hall–Kier alpha value is -3.96. The van der Waals surface area contributed by atoms with Crippen molar-refractivity contribution < 1.29 is 0 Å². The minimum atomic E-state index is 0.0702. The zero-order valence-corrected chi connectivity index (χ0v) is 21.2. The predicted molar refractivity (Wildman–Crippen MR) is 152 cm³/mol. The number of terminal acetylenes is 2. The lowest BCUT2D eigenvalue weighted by atomic mass is 9.73. The molecule has 36 heavy (non-hydrogen) atoms. The normalized spacial score (nSPS) is 16.5. The molecule has 0 saturated carbocycles. The van der Waals surface area contributed by atoms with E-state index in [2.05, 4.69) is 103 Å². The third-order valence-electron chi connectivity index (χ3n) is 7.48. The number of benzene rings is 2. The maximum atomic E-state index is 5.97. The summed E-state index contributed by atoms with van der Waals surface area (Å²) in [4.78, 5) is 0. The van der Waals surface area contributed by atoms with E-state index >= 15 is 0 Å². The van der Waals surface area contributed by atoms with Gasteiger partial charge in [0.1, 0.15) is 0 Å². The van der Waals surface area contributed by atoms with Crippen LogP contribution >= 0.6 is 22.7 Å². The highest BCUT2D eigenvalue weighted by Crippen LogP contribution is 2.55. The van der Waals surface area contributed by atoms with Crippen molar-refractivity contribution in [1.82, 2.24) is 9.13 Å². The van der Waals surface area contributed by atoms with Crippen molar-refractivity contribution in [3.63, 3.8) is 0 Å². The number of nitrogens with zero attached hydrogens (tertiary/aromatic N) is 2. The molecule has 4 heteroatoms. The highest BCUT2D eigenvalue weighted by atomic mass is 32.1. The van der Waals surface area contributed by atoms with Gasteiger partial charge in [0.25, 0.3) is 0 Å². The molecule has 0 saturated heterocycles. The van der Waals surface area contributed by atoms with Gasteiger partial charge in [-0.1, -0.05) is 48.2 Å². The van der Waals surface area contributed by atoms with Crippen molar-refractivity contribution in [2.24, 2.45) is 0 Å². The van der Waals surface area contributed by atoms with Crippen molar-refractivity contribution in [3.8, 4) is 24.7 Å². The van der Waals surface area contributed by atoms with Gasteiger partial charge in [-0.05, 0) is 68.0 Å². The fourth-order valence-corrected chi connectivity index (χ4v) is 7.63. The van der Waals surface area contributed by atoms with Crippen molar-refractivity contribution in [1.29, 1.82) is 0 Å². The van der Waals surface area contributed by atoms with Gasteiger partial charge in [-0.15, -0.1) is 12.8 Å². The van der Waals surface area contributed by atoms with Crippen LogP contribution in [0.1, 0.15) is 45.5 Å². The molecular weight excluding hydrogens is 477 g/mol. The summed E-state index contributed by atoms with van der Waals surface area (Å²) in [6.07, 6.45) is 11.9. The number of hydrogen-bond donors (Lipinski definition) is 0. The van der Waals surface area contributed by atoms with Gasteiger partial charge in [-0.3, -0.25) is 0 Å². The summed E-state index contributed by atoms with van der Waals surface area (Å²) >= 11 is 3.49. The van der Waals surface area contributed by atoms with E-state index in [1.54, 1.807) is 22.7 Å². The molecule has 172 valence electrons. The molecule has 0 N–H and O–H groups in total. The third kappa shape index (κ3) is 2.86. The van der Waals surface area contributed by atoms with Crippen molar-refractivity contribution in [2.75, 3.05) is 0 Å². The first-order chi connectivity index (χ1) is 17.8. The monoisotopic (exact) mass is 498 g/mol. The minimum absolute atomic E-state index is 0.0702. The van der Waals surface area contributed by atoms with Gasteiger partial charge in [0.2, 0.25) is 0 Å². The second-order valence-electron chi connectivity index (χ2n) is 9.19. The first kappa shape index (κ1) is 21.3. The maximum Gasteiger partial charge on any atom is 0.0838 e. The predicted octanol–water partition coefficient (Wildman–Crippen LogP) is 7.66. The van der Waals surface area contributed by atoms with Crippen LogP contribution in [0.15, 0.2) is 82.2 Å². The highest BCUT2D eigenvalue weighted by Gasteiger charge is 2.42. The summed E-state index contributed by atoms with van der Waals surface area (Å²) in [5.74, 6) is 6.04. The Morgan fingerprint density at radius 2 is 1.08 bits per heavy atom. The van der Waals surface area contributed by atoms with Gasteiger partial charge >= 0.3 is 0 Å². The molecule has 2 unspecified atom stereocenters. The van der Waals surface area contributed by atoms with Crippen molar-refractivity contribution in [3.05, 3.63) is 116 Å². The number of thiophene rings is 2.